The lowest BCUT2D eigenvalue weighted by Crippen LogP contribution is -2.41. The molecule has 0 bridgehead atoms. The minimum Gasteiger partial charge on any atom is -0.390 e. The Balaban J connectivity index is 2.19. The van der Waals surface area contributed by atoms with E-state index in [9.17, 15) is 0 Å². The first-order chi connectivity index (χ1) is 7.70. The molecular weight excluding hydrogens is 228 g/mol. The molecule has 1 atom stereocenters. The Hall–Kier alpha value is -0.840. The number of anilines is 1. The van der Waals surface area contributed by atoms with Crippen LogP contribution in [0.5, 0.6) is 0 Å². The van der Waals surface area contributed by atoms with Crippen molar-refractivity contribution in [3.8, 4) is 0 Å². The van der Waals surface area contributed by atoms with Crippen molar-refractivity contribution in [2.75, 3.05) is 24.6 Å². The van der Waals surface area contributed by atoms with E-state index in [0.717, 1.165) is 18.9 Å². The summed E-state index contributed by atoms with van der Waals surface area (Å²) >= 11 is 5.90. The molecule has 0 aromatic carbocycles. The molecule has 5 heteroatoms. The second kappa shape index (κ2) is 4.99. The molecule has 2 heterocycles. The summed E-state index contributed by atoms with van der Waals surface area (Å²) in [5, 5.41) is 9.61. The smallest absolute Gasteiger partial charge is 0.129 e. The van der Waals surface area contributed by atoms with Crippen molar-refractivity contribution >= 4 is 17.4 Å². The van der Waals surface area contributed by atoms with Gasteiger partial charge in [0.25, 0.3) is 0 Å². The van der Waals surface area contributed by atoms with Gasteiger partial charge in [0.05, 0.1) is 30.0 Å². The van der Waals surface area contributed by atoms with Crippen molar-refractivity contribution in [2.45, 2.75) is 19.6 Å². The van der Waals surface area contributed by atoms with Gasteiger partial charge in [-0.2, -0.15) is 0 Å². The zero-order valence-electron chi connectivity index (χ0n) is 9.19. The van der Waals surface area contributed by atoms with E-state index < -0.39 is 0 Å². The van der Waals surface area contributed by atoms with Gasteiger partial charge in [0.1, 0.15) is 5.82 Å². The van der Waals surface area contributed by atoms with E-state index in [4.69, 9.17) is 21.4 Å². The number of hydrogen-bond donors (Lipinski definition) is 1. The van der Waals surface area contributed by atoms with Gasteiger partial charge in [0.2, 0.25) is 0 Å². The highest BCUT2D eigenvalue weighted by Crippen LogP contribution is 2.20. The van der Waals surface area contributed by atoms with E-state index in [1.807, 2.05) is 13.0 Å². The molecule has 0 saturated carbocycles. The van der Waals surface area contributed by atoms with Crippen molar-refractivity contribution in [3.63, 3.8) is 0 Å². The zero-order valence-corrected chi connectivity index (χ0v) is 9.94. The maximum absolute atomic E-state index is 9.10. The molecule has 1 aromatic rings. The van der Waals surface area contributed by atoms with Gasteiger partial charge in [0.15, 0.2) is 0 Å². The summed E-state index contributed by atoms with van der Waals surface area (Å²) < 4.78 is 5.46. The number of hydrogen-bond acceptors (Lipinski definition) is 4. The molecule has 88 valence electrons. The number of rotatable bonds is 2. The fourth-order valence-corrected chi connectivity index (χ4v) is 1.95. The average molecular weight is 243 g/mol. The quantitative estimate of drug-likeness (QED) is 0.853. The SMILES string of the molecule is CC1CN(c2ccc(Cl)c(CO)n2)CCO1. The minimum atomic E-state index is -0.132. The maximum Gasteiger partial charge on any atom is 0.129 e. The number of aromatic nitrogens is 1. The number of aliphatic hydroxyl groups is 1. The van der Waals surface area contributed by atoms with Crippen LogP contribution in [-0.4, -0.2) is 35.9 Å². The Bertz CT molecular complexity index is 373. The van der Waals surface area contributed by atoms with Gasteiger partial charge in [-0.1, -0.05) is 11.6 Å². The van der Waals surface area contributed by atoms with Crippen LogP contribution in [0.4, 0.5) is 5.82 Å². The highest BCUT2D eigenvalue weighted by Gasteiger charge is 2.18. The van der Waals surface area contributed by atoms with Crippen molar-refractivity contribution in [2.24, 2.45) is 0 Å². The van der Waals surface area contributed by atoms with Crippen molar-refractivity contribution in [3.05, 3.63) is 22.8 Å². The number of ether oxygens (including phenoxy) is 1. The summed E-state index contributed by atoms with van der Waals surface area (Å²) in [7, 11) is 0. The molecule has 1 aliphatic heterocycles. The third kappa shape index (κ3) is 2.45. The molecule has 1 fully saturated rings. The first-order valence-corrected chi connectivity index (χ1v) is 5.71. The molecule has 1 N–H and O–H groups in total. The van der Waals surface area contributed by atoms with Gasteiger partial charge in [-0.3, -0.25) is 0 Å². The van der Waals surface area contributed by atoms with E-state index in [1.165, 1.54) is 0 Å². The molecule has 1 aromatic heterocycles. The number of morpholine rings is 1. The predicted molar refractivity (Wildman–Crippen MR) is 62.8 cm³/mol. The van der Waals surface area contributed by atoms with Crippen molar-refractivity contribution in [1.29, 1.82) is 0 Å². The van der Waals surface area contributed by atoms with Crippen LogP contribution in [0, 0.1) is 0 Å². The van der Waals surface area contributed by atoms with Crippen LogP contribution in [0.25, 0.3) is 0 Å². The molecule has 0 spiro atoms. The molecule has 16 heavy (non-hydrogen) atoms. The number of aliphatic hydroxyl groups excluding tert-OH is 1. The average Bonchev–Trinajstić information content (AvgIpc) is 2.29. The van der Waals surface area contributed by atoms with Gasteiger partial charge < -0.3 is 14.7 Å². The summed E-state index contributed by atoms with van der Waals surface area (Å²) in [6.45, 7) is 4.25. The Morgan fingerprint density at radius 3 is 3.12 bits per heavy atom. The summed E-state index contributed by atoms with van der Waals surface area (Å²) in [6.07, 6.45) is 0.212. The van der Waals surface area contributed by atoms with Gasteiger partial charge in [0, 0.05) is 13.1 Å². The van der Waals surface area contributed by atoms with E-state index in [1.54, 1.807) is 6.07 Å². The highest BCUT2D eigenvalue weighted by atomic mass is 35.5. The minimum absolute atomic E-state index is 0.132. The lowest BCUT2D eigenvalue weighted by atomic mass is 10.3. The molecule has 0 radical (unpaired) electrons. The molecule has 1 unspecified atom stereocenters. The van der Waals surface area contributed by atoms with Crippen LogP contribution in [0.1, 0.15) is 12.6 Å². The standard InChI is InChI=1S/C11H15ClN2O2/c1-8-6-14(4-5-16-8)11-3-2-9(12)10(7-15)13-11/h2-3,8,15H,4-7H2,1H3. The third-order valence-electron chi connectivity index (χ3n) is 2.62. The lowest BCUT2D eigenvalue weighted by Gasteiger charge is -2.32. The van der Waals surface area contributed by atoms with E-state index >= 15 is 0 Å². The third-order valence-corrected chi connectivity index (χ3v) is 2.96. The second-order valence-corrected chi connectivity index (χ2v) is 4.29. The fourth-order valence-electron chi connectivity index (χ4n) is 1.79. The van der Waals surface area contributed by atoms with Crippen LogP contribution in [0.15, 0.2) is 12.1 Å². The Labute approximate surface area is 99.8 Å². The number of halogens is 1. The number of pyridine rings is 1. The largest absolute Gasteiger partial charge is 0.390 e. The Kier molecular flexibility index (Phi) is 3.63. The molecule has 2 rings (SSSR count). The van der Waals surface area contributed by atoms with E-state index in [0.29, 0.717) is 17.3 Å². The monoisotopic (exact) mass is 242 g/mol. The summed E-state index contributed by atoms with van der Waals surface area (Å²) in [5.41, 5.74) is 0.526. The number of nitrogens with zero attached hydrogens (tertiary/aromatic N) is 2. The highest BCUT2D eigenvalue weighted by molar-refractivity contribution is 6.31. The van der Waals surface area contributed by atoms with Crippen molar-refractivity contribution in [1.82, 2.24) is 4.98 Å². The zero-order chi connectivity index (χ0) is 11.5. The van der Waals surface area contributed by atoms with Crippen LogP contribution >= 0.6 is 11.6 Å². The topological polar surface area (TPSA) is 45.6 Å². The van der Waals surface area contributed by atoms with Gasteiger partial charge in [-0.05, 0) is 19.1 Å². The summed E-state index contributed by atoms with van der Waals surface area (Å²) in [5.74, 6) is 0.851. The molecular formula is C11H15ClN2O2. The van der Waals surface area contributed by atoms with Crippen LogP contribution < -0.4 is 4.90 Å². The molecule has 0 aliphatic carbocycles. The molecule has 4 nitrogen and oxygen atoms in total. The van der Waals surface area contributed by atoms with Gasteiger partial charge >= 0.3 is 0 Å². The summed E-state index contributed by atoms with van der Waals surface area (Å²) in [4.78, 5) is 6.48. The molecule has 0 amide bonds. The maximum atomic E-state index is 9.10. The summed E-state index contributed by atoms with van der Waals surface area (Å²) in [6, 6.07) is 3.65. The van der Waals surface area contributed by atoms with Gasteiger partial charge in [-0.15, -0.1) is 0 Å². The Morgan fingerprint density at radius 1 is 1.62 bits per heavy atom. The molecule has 1 saturated heterocycles. The van der Waals surface area contributed by atoms with E-state index in [-0.39, 0.29) is 12.7 Å². The van der Waals surface area contributed by atoms with Gasteiger partial charge in [-0.25, -0.2) is 4.98 Å². The van der Waals surface area contributed by atoms with Crippen molar-refractivity contribution < 1.29 is 9.84 Å². The van der Waals surface area contributed by atoms with Crippen LogP contribution in [0.2, 0.25) is 5.02 Å². The predicted octanol–water partition coefficient (Wildman–Crippen LogP) is 1.45. The fraction of sp³-hybridized carbons (Fsp3) is 0.545. The first-order valence-electron chi connectivity index (χ1n) is 5.33. The lowest BCUT2D eigenvalue weighted by molar-refractivity contribution is 0.0529. The normalized spacial score (nSPS) is 21.2. The Morgan fingerprint density at radius 2 is 2.44 bits per heavy atom. The molecule has 1 aliphatic rings. The van der Waals surface area contributed by atoms with Crippen LogP contribution in [-0.2, 0) is 11.3 Å². The van der Waals surface area contributed by atoms with Crippen LogP contribution in [0.3, 0.4) is 0 Å². The van der Waals surface area contributed by atoms with E-state index in [2.05, 4.69) is 9.88 Å². The first kappa shape index (κ1) is 11.6. The second-order valence-electron chi connectivity index (χ2n) is 3.88.